The Morgan fingerprint density at radius 2 is 1.67 bits per heavy atom. The molecule has 0 aromatic rings. The van der Waals surface area contributed by atoms with Crippen LogP contribution in [-0.2, 0) is 14.3 Å². The fourth-order valence-electron chi connectivity index (χ4n) is 3.16. The number of hydrogen-bond donors (Lipinski definition) is 1. The van der Waals surface area contributed by atoms with E-state index >= 15 is 0 Å². The van der Waals surface area contributed by atoms with Gasteiger partial charge in [-0.05, 0) is 52.9 Å². The van der Waals surface area contributed by atoms with Crippen molar-refractivity contribution in [3.05, 3.63) is 0 Å². The Balaban J connectivity index is 2.67. The summed E-state index contributed by atoms with van der Waals surface area (Å²) in [4.78, 5) is 24.7. The monoisotopic (exact) mass is 297 g/mol. The summed E-state index contributed by atoms with van der Waals surface area (Å²) < 4.78 is 5.32. The lowest BCUT2D eigenvalue weighted by atomic mass is 9.77. The van der Waals surface area contributed by atoms with Crippen molar-refractivity contribution in [1.82, 2.24) is 5.32 Å². The molecule has 1 amide bonds. The number of amides is 1. The van der Waals surface area contributed by atoms with Crippen molar-refractivity contribution in [2.45, 2.75) is 85.3 Å². The van der Waals surface area contributed by atoms with Crippen molar-refractivity contribution in [1.29, 1.82) is 0 Å². The van der Waals surface area contributed by atoms with Crippen LogP contribution in [0.25, 0.3) is 0 Å². The van der Waals surface area contributed by atoms with E-state index in [1.54, 1.807) is 6.92 Å². The van der Waals surface area contributed by atoms with Crippen molar-refractivity contribution >= 4 is 11.9 Å². The number of hydrogen-bond acceptors (Lipinski definition) is 3. The summed E-state index contributed by atoms with van der Waals surface area (Å²) in [7, 11) is 0. The molecule has 122 valence electrons. The maximum Gasteiger partial charge on any atom is 0.328 e. The quantitative estimate of drug-likeness (QED) is 0.791. The van der Waals surface area contributed by atoms with E-state index in [-0.39, 0.29) is 17.3 Å². The zero-order chi connectivity index (χ0) is 16.3. The molecule has 0 aromatic heterocycles. The van der Waals surface area contributed by atoms with Crippen LogP contribution in [0.5, 0.6) is 0 Å². The minimum atomic E-state index is -0.596. The van der Waals surface area contributed by atoms with Crippen molar-refractivity contribution in [2.75, 3.05) is 0 Å². The van der Waals surface area contributed by atoms with Crippen LogP contribution in [0.4, 0.5) is 0 Å². The van der Waals surface area contributed by atoms with Gasteiger partial charge in [-0.1, -0.05) is 26.7 Å². The zero-order valence-electron chi connectivity index (χ0n) is 14.4. The predicted octanol–water partition coefficient (Wildman–Crippen LogP) is 3.44. The summed E-state index contributed by atoms with van der Waals surface area (Å²) in [5, 5.41) is 2.88. The van der Waals surface area contributed by atoms with Gasteiger partial charge in [-0.2, -0.15) is 0 Å². The topological polar surface area (TPSA) is 55.4 Å². The molecule has 0 unspecified atom stereocenters. The molecule has 1 aliphatic carbocycles. The van der Waals surface area contributed by atoms with Gasteiger partial charge in [0, 0.05) is 5.41 Å². The van der Waals surface area contributed by atoms with E-state index in [0.29, 0.717) is 5.92 Å². The van der Waals surface area contributed by atoms with Crippen LogP contribution in [-0.4, -0.2) is 23.5 Å². The first kappa shape index (κ1) is 18.0. The largest absolute Gasteiger partial charge is 0.458 e. The Labute approximate surface area is 129 Å². The second kappa shape index (κ2) is 6.80. The molecular formula is C17H31NO3. The third-order valence-corrected chi connectivity index (χ3v) is 3.95. The molecule has 0 aliphatic heterocycles. The lowest BCUT2D eigenvalue weighted by Crippen LogP contribution is -2.48. The lowest BCUT2D eigenvalue weighted by Gasteiger charge is -2.31. The highest BCUT2D eigenvalue weighted by atomic mass is 16.6. The van der Waals surface area contributed by atoms with Crippen molar-refractivity contribution in [2.24, 2.45) is 11.3 Å². The molecule has 1 aliphatic rings. The molecule has 0 bridgehead atoms. The number of carbonyl (C=O) groups is 2. The molecule has 21 heavy (non-hydrogen) atoms. The standard InChI is InChI=1S/C17H31NO3/c1-12(2)11-17(9-7-8-10-17)15(20)18-13(3)14(19)21-16(4,5)6/h12-13H,7-11H2,1-6H3,(H,18,20)/t13-/m1/s1. The molecule has 1 fully saturated rings. The van der Waals surface area contributed by atoms with Crippen LogP contribution < -0.4 is 5.32 Å². The van der Waals surface area contributed by atoms with Crippen LogP contribution in [0.1, 0.15) is 73.6 Å². The van der Waals surface area contributed by atoms with Crippen molar-refractivity contribution in [3.8, 4) is 0 Å². The van der Waals surface area contributed by atoms with Gasteiger partial charge in [-0.25, -0.2) is 4.79 Å². The van der Waals surface area contributed by atoms with Gasteiger partial charge in [-0.3, -0.25) is 4.79 Å². The zero-order valence-corrected chi connectivity index (χ0v) is 14.4. The molecule has 1 N–H and O–H groups in total. The lowest BCUT2D eigenvalue weighted by molar-refractivity contribution is -0.158. The van der Waals surface area contributed by atoms with E-state index in [4.69, 9.17) is 4.74 Å². The summed E-state index contributed by atoms with van der Waals surface area (Å²) in [6.07, 6.45) is 4.94. The van der Waals surface area contributed by atoms with Gasteiger partial charge in [-0.15, -0.1) is 0 Å². The number of ether oxygens (including phenoxy) is 1. The fourth-order valence-corrected chi connectivity index (χ4v) is 3.16. The average molecular weight is 297 g/mol. The van der Waals surface area contributed by atoms with E-state index < -0.39 is 11.6 Å². The van der Waals surface area contributed by atoms with E-state index in [9.17, 15) is 9.59 Å². The summed E-state index contributed by atoms with van der Waals surface area (Å²) in [6.45, 7) is 11.5. The Morgan fingerprint density at radius 1 is 1.14 bits per heavy atom. The van der Waals surface area contributed by atoms with E-state index in [2.05, 4.69) is 19.2 Å². The molecule has 4 heteroatoms. The minimum Gasteiger partial charge on any atom is -0.458 e. The van der Waals surface area contributed by atoms with Gasteiger partial charge < -0.3 is 10.1 Å². The number of nitrogens with one attached hydrogen (secondary N) is 1. The van der Waals surface area contributed by atoms with Gasteiger partial charge in [0.05, 0.1) is 0 Å². The van der Waals surface area contributed by atoms with Crippen molar-refractivity contribution < 1.29 is 14.3 Å². The fraction of sp³-hybridized carbons (Fsp3) is 0.882. The van der Waals surface area contributed by atoms with Gasteiger partial charge in [0.1, 0.15) is 11.6 Å². The van der Waals surface area contributed by atoms with Gasteiger partial charge >= 0.3 is 5.97 Å². The van der Waals surface area contributed by atoms with Crippen molar-refractivity contribution in [3.63, 3.8) is 0 Å². The SMILES string of the molecule is CC(C)CC1(C(=O)N[C@H](C)C(=O)OC(C)(C)C)CCCC1. The molecule has 1 rings (SSSR count). The normalized spacial score (nSPS) is 19.4. The van der Waals surface area contributed by atoms with E-state index in [0.717, 1.165) is 32.1 Å². The highest BCUT2D eigenvalue weighted by molar-refractivity contribution is 5.88. The highest BCUT2D eigenvalue weighted by Crippen LogP contribution is 2.43. The molecule has 1 atom stereocenters. The first-order chi connectivity index (χ1) is 9.56. The Bertz CT molecular complexity index is 376. The van der Waals surface area contributed by atoms with Crippen LogP contribution in [0.3, 0.4) is 0 Å². The summed E-state index contributed by atoms with van der Waals surface area (Å²) >= 11 is 0. The number of esters is 1. The summed E-state index contributed by atoms with van der Waals surface area (Å²) in [5.41, 5.74) is -0.816. The van der Waals surface area contributed by atoms with E-state index in [1.807, 2.05) is 20.8 Å². The third-order valence-electron chi connectivity index (χ3n) is 3.95. The van der Waals surface area contributed by atoms with Gasteiger partial charge in [0.25, 0.3) is 0 Å². The van der Waals surface area contributed by atoms with Gasteiger partial charge in [0.15, 0.2) is 0 Å². The molecule has 0 aromatic carbocycles. The van der Waals surface area contributed by atoms with Gasteiger partial charge in [0.2, 0.25) is 5.91 Å². The average Bonchev–Trinajstić information content (AvgIpc) is 2.75. The Kier molecular flexibility index (Phi) is 5.83. The molecular weight excluding hydrogens is 266 g/mol. The first-order valence-electron chi connectivity index (χ1n) is 8.09. The predicted molar refractivity (Wildman–Crippen MR) is 83.8 cm³/mol. The molecule has 0 heterocycles. The second-order valence-electron chi connectivity index (χ2n) is 7.81. The maximum absolute atomic E-state index is 12.7. The maximum atomic E-state index is 12.7. The van der Waals surface area contributed by atoms with Crippen LogP contribution in [0.15, 0.2) is 0 Å². The van der Waals surface area contributed by atoms with Crippen LogP contribution in [0.2, 0.25) is 0 Å². The molecule has 0 saturated heterocycles. The minimum absolute atomic E-state index is 0.0204. The molecule has 4 nitrogen and oxygen atoms in total. The van der Waals surface area contributed by atoms with Crippen LogP contribution >= 0.6 is 0 Å². The second-order valence-corrected chi connectivity index (χ2v) is 7.81. The number of rotatable bonds is 5. The summed E-state index contributed by atoms with van der Waals surface area (Å²) in [6, 6.07) is -0.596. The Morgan fingerprint density at radius 3 is 2.10 bits per heavy atom. The highest BCUT2D eigenvalue weighted by Gasteiger charge is 2.42. The van der Waals surface area contributed by atoms with Crippen LogP contribution in [0, 0.1) is 11.3 Å². The molecule has 0 spiro atoms. The molecule has 1 saturated carbocycles. The first-order valence-corrected chi connectivity index (χ1v) is 8.09. The number of carbonyl (C=O) groups excluding carboxylic acids is 2. The third kappa shape index (κ3) is 5.33. The summed E-state index contributed by atoms with van der Waals surface area (Å²) in [5.74, 6) is 0.131. The smallest absolute Gasteiger partial charge is 0.328 e. The van der Waals surface area contributed by atoms with E-state index in [1.165, 1.54) is 0 Å². The molecule has 0 radical (unpaired) electrons. The Hall–Kier alpha value is -1.06.